The quantitative estimate of drug-likeness (QED) is 0.783. The van der Waals surface area contributed by atoms with Gasteiger partial charge in [-0.2, -0.15) is 0 Å². The van der Waals surface area contributed by atoms with Gasteiger partial charge in [-0.15, -0.1) is 0 Å². The van der Waals surface area contributed by atoms with E-state index >= 15 is 0 Å². The zero-order chi connectivity index (χ0) is 15.8. The molecule has 0 bridgehead atoms. The lowest BCUT2D eigenvalue weighted by molar-refractivity contribution is 0.0692. The molecule has 1 atom stereocenters. The molecule has 1 aliphatic rings. The fraction of sp³-hybridized carbons (Fsp3) is 0.600. The number of nitrogens with zero attached hydrogens (tertiary/aromatic N) is 1. The van der Waals surface area contributed by atoms with E-state index in [-0.39, 0.29) is 17.1 Å². The second-order valence-electron chi connectivity index (χ2n) is 6.77. The normalized spacial score (nSPS) is 18.9. The zero-order valence-electron chi connectivity index (χ0n) is 13.0. The molecule has 1 aliphatic heterocycles. The van der Waals surface area contributed by atoms with Gasteiger partial charge < -0.3 is 20.3 Å². The van der Waals surface area contributed by atoms with Gasteiger partial charge in [0, 0.05) is 18.8 Å². The van der Waals surface area contributed by atoms with Crippen molar-refractivity contribution in [3.05, 3.63) is 17.5 Å². The Morgan fingerprint density at radius 3 is 2.62 bits per heavy atom. The molecule has 21 heavy (non-hydrogen) atoms. The average molecular weight is 293 g/mol. The average Bonchev–Trinajstić information content (AvgIpc) is 2.94. The second-order valence-corrected chi connectivity index (χ2v) is 6.77. The summed E-state index contributed by atoms with van der Waals surface area (Å²) in [7, 11) is 0. The first-order chi connectivity index (χ1) is 9.68. The van der Waals surface area contributed by atoms with Gasteiger partial charge in [-0.1, -0.05) is 20.8 Å². The van der Waals surface area contributed by atoms with Gasteiger partial charge in [-0.25, -0.2) is 9.59 Å². The molecule has 0 aliphatic carbocycles. The number of hydrogen-bond acceptors (Lipinski definition) is 2. The Balaban J connectivity index is 2.05. The maximum atomic E-state index is 12.3. The number of likely N-dealkylation sites (tertiary alicyclic amines) is 1. The smallest absolute Gasteiger partial charge is 0.354 e. The topological polar surface area (TPSA) is 85.4 Å². The van der Waals surface area contributed by atoms with Crippen LogP contribution in [0.5, 0.6) is 0 Å². The molecule has 3 N–H and O–H groups in total. The maximum Gasteiger partial charge on any atom is 0.354 e. The summed E-state index contributed by atoms with van der Waals surface area (Å²) in [6.45, 7) is 9.71. The molecule has 1 fully saturated rings. The Kier molecular flexibility index (Phi) is 3.98. The van der Waals surface area contributed by atoms with E-state index in [2.05, 4.69) is 31.1 Å². The van der Waals surface area contributed by atoms with Gasteiger partial charge in [0.1, 0.15) is 5.69 Å². The largest absolute Gasteiger partial charge is 0.477 e. The first kappa shape index (κ1) is 15.4. The molecule has 0 saturated carbocycles. The summed E-state index contributed by atoms with van der Waals surface area (Å²) >= 11 is 0. The molecule has 1 aromatic rings. The van der Waals surface area contributed by atoms with Crippen LogP contribution in [0.1, 0.15) is 43.4 Å². The number of anilines is 1. The van der Waals surface area contributed by atoms with Gasteiger partial charge in [0.05, 0.1) is 5.69 Å². The van der Waals surface area contributed by atoms with E-state index < -0.39 is 5.97 Å². The highest BCUT2D eigenvalue weighted by atomic mass is 16.4. The van der Waals surface area contributed by atoms with Crippen LogP contribution in [-0.2, 0) is 0 Å². The van der Waals surface area contributed by atoms with Gasteiger partial charge in [-0.05, 0) is 30.7 Å². The molecule has 2 rings (SSSR count). The SMILES string of the molecule is Cc1cc(NC(=O)N2CCC(C(C)(C)C)C2)c(C(=O)O)[nH]1. The lowest BCUT2D eigenvalue weighted by atomic mass is 9.80. The van der Waals surface area contributed by atoms with Gasteiger partial charge in [0.15, 0.2) is 0 Å². The molecule has 116 valence electrons. The Morgan fingerprint density at radius 2 is 2.10 bits per heavy atom. The highest BCUT2D eigenvalue weighted by molar-refractivity contribution is 5.99. The van der Waals surface area contributed by atoms with Crippen LogP contribution >= 0.6 is 0 Å². The number of carboxylic acid groups (broad SMARTS) is 1. The number of H-pyrrole nitrogens is 1. The van der Waals surface area contributed by atoms with E-state index in [0.29, 0.717) is 30.4 Å². The number of carbonyl (C=O) groups is 2. The second kappa shape index (κ2) is 5.42. The Hall–Kier alpha value is -1.98. The van der Waals surface area contributed by atoms with Crippen molar-refractivity contribution in [3.63, 3.8) is 0 Å². The van der Waals surface area contributed by atoms with Crippen molar-refractivity contribution in [2.24, 2.45) is 11.3 Å². The van der Waals surface area contributed by atoms with Crippen molar-refractivity contribution in [1.82, 2.24) is 9.88 Å². The van der Waals surface area contributed by atoms with E-state index in [4.69, 9.17) is 5.11 Å². The first-order valence-corrected chi connectivity index (χ1v) is 7.17. The van der Waals surface area contributed by atoms with Gasteiger partial charge >= 0.3 is 12.0 Å². The van der Waals surface area contributed by atoms with Crippen molar-refractivity contribution in [2.45, 2.75) is 34.1 Å². The van der Waals surface area contributed by atoms with Crippen LogP contribution in [0.25, 0.3) is 0 Å². The minimum atomic E-state index is -1.08. The highest BCUT2D eigenvalue weighted by Gasteiger charge is 2.34. The van der Waals surface area contributed by atoms with Gasteiger partial charge in [0.25, 0.3) is 0 Å². The number of nitrogens with one attached hydrogen (secondary N) is 2. The molecular weight excluding hydrogens is 270 g/mol. The monoisotopic (exact) mass is 293 g/mol. The first-order valence-electron chi connectivity index (χ1n) is 7.17. The van der Waals surface area contributed by atoms with Crippen LogP contribution in [0.15, 0.2) is 6.07 Å². The Morgan fingerprint density at radius 1 is 1.43 bits per heavy atom. The van der Waals surface area contributed by atoms with E-state index in [1.54, 1.807) is 17.9 Å². The molecule has 1 aromatic heterocycles. The molecule has 0 aromatic carbocycles. The summed E-state index contributed by atoms with van der Waals surface area (Å²) in [6, 6.07) is 1.40. The maximum absolute atomic E-state index is 12.3. The van der Waals surface area contributed by atoms with Crippen molar-refractivity contribution in [2.75, 3.05) is 18.4 Å². The summed E-state index contributed by atoms with van der Waals surface area (Å²) in [5.41, 5.74) is 1.22. The summed E-state index contributed by atoms with van der Waals surface area (Å²) in [6.07, 6.45) is 0.981. The number of carbonyl (C=O) groups excluding carboxylic acids is 1. The number of urea groups is 1. The number of amides is 2. The van der Waals surface area contributed by atoms with E-state index in [9.17, 15) is 9.59 Å². The molecule has 2 heterocycles. The summed E-state index contributed by atoms with van der Waals surface area (Å²) < 4.78 is 0. The number of aromatic carboxylic acids is 1. The van der Waals surface area contributed by atoms with Gasteiger partial charge in [-0.3, -0.25) is 0 Å². The van der Waals surface area contributed by atoms with Crippen LogP contribution in [0.4, 0.5) is 10.5 Å². The molecule has 2 amide bonds. The van der Waals surface area contributed by atoms with E-state index in [1.165, 1.54) is 0 Å². The van der Waals surface area contributed by atoms with Crippen molar-refractivity contribution < 1.29 is 14.7 Å². The number of aromatic amines is 1. The van der Waals surface area contributed by atoms with Crippen LogP contribution in [0.2, 0.25) is 0 Å². The lowest BCUT2D eigenvalue weighted by Crippen LogP contribution is -2.34. The summed E-state index contributed by atoms with van der Waals surface area (Å²) in [5, 5.41) is 11.8. The zero-order valence-corrected chi connectivity index (χ0v) is 13.0. The fourth-order valence-electron chi connectivity index (χ4n) is 2.70. The van der Waals surface area contributed by atoms with Crippen LogP contribution in [-0.4, -0.2) is 40.1 Å². The van der Waals surface area contributed by atoms with Crippen molar-refractivity contribution in [1.29, 1.82) is 0 Å². The molecule has 6 nitrogen and oxygen atoms in total. The number of rotatable bonds is 2. The predicted molar refractivity (Wildman–Crippen MR) is 80.6 cm³/mol. The minimum absolute atomic E-state index is 0.0208. The number of carboxylic acids is 1. The number of aromatic nitrogens is 1. The number of hydrogen-bond donors (Lipinski definition) is 3. The predicted octanol–water partition coefficient (Wildman–Crippen LogP) is 2.92. The summed E-state index contributed by atoms with van der Waals surface area (Å²) in [5.74, 6) is -0.609. The van der Waals surface area contributed by atoms with Crippen LogP contribution in [0, 0.1) is 18.3 Å². The third kappa shape index (κ3) is 3.37. The molecule has 6 heteroatoms. The molecule has 1 unspecified atom stereocenters. The van der Waals surface area contributed by atoms with E-state index in [0.717, 1.165) is 6.42 Å². The lowest BCUT2D eigenvalue weighted by Gasteiger charge is -2.27. The van der Waals surface area contributed by atoms with Crippen LogP contribution in [0.3, 0.4) is 0 Å². The standard InChI is InChI=1S/C15H23N3O3/c1-9-7-11(12(16-9)13(19)20)17-14(21)18-6-5-10(8-18)15(2,3)4/h7,10,16H,5-6,8H2,1-4H3,(H,17,21)(H,19,20). The Bertz CT molecular complexity index is 557. The van der Waals surface area contributed by atoms with Crippen molar-refractivity contribution >= 4 is 17.7 Å². The van der Waals surface area contributed by atoms with Crippen LogP contribution < -0.4 is 5.32 Å². The number of aryl methyl sites for hydroxylation is 1. The fourth-order valence-corrected chi connectivity index (χ4v) is 2.70. The van der Waals surface area contributed by atoms with Crippen molar-refractivity contribution in [3.8, 4) is 0 Å². The molecular formula is C15H23N3O3. The third-order valence-electron chi connectivity index (χ3n) is 4.11. The minimum Gasteiger partial charge on any atom is -0.477 e. The Labute approximate surface area is 124 Å². The van der Waals surface area contributed by atoms with Gasteiger partial charge in [0.2, 0.25) is 0 Å². The molecule has 1 saturated heterocycles. The molecule has 0 spiro atoms. The third-order valence-corrected chi connectivity index (χ3v) is 4.11. The highest BCUT2D eigenvalue weighted by Crippen LogP contribution is 2.33. The summed E-state index contributed by atoms with van der Waals surface area (Å²) in [4.78, 5) is 27.9. The van der Waals surface area contributed by atoms with E-state index in [1.807, 2.05) is 0 Å². The molecule has 0 radical (unpaired) electrons.